The maximum Gasteiger partial charge on any atom is 0.317 e. The van der Waals surface area contributed by atoms with E-state index in [0.717, 1.165) is 19.5 Å². The fourth-order valence-corrected chi connectivity index (χ4v) is 1.87. The molecule has 0 aromatic heterocycles. The second-order valence-electron chi connectivity index (χ2n) is 3.88. The first kappa shape index (κ1) is 11.3. The van der Waals surface area contributed by atoms with Crippen molar-refractivity contribution < 1.29 is 4.79 Å². The highest BCUT2D eigenvalue weighted by molar-refractivity contribution is 5.74. The molecule has 1 fully saturated rings. The van der Waals surface area contributed by atoms with Gasteiger partial charge >= 0.3 is 6.03 Å². The number of piperidine rings is 1. The molecule has 4 nitrogen and oxygen atoms in total. The van der Waals surface area contributed by atoms with E-state index < -0.39 is 0 Å². The number of rotatable bonds is 3. The summed E-state index contributed by atoms with van der Waals surface area (Å²) in [6, 6.07) is 0.0496. The molecule has 1 unspecified atom stereocenters. The van der Waals surface area contributed by atoms with E-state index in [2.05, 4.69) is 12.2 Å². The molecule has 14 heavy (non-hydrogen) atoms. The van der Waals surface area contributed by atoms with Gasteiger partial charge < -0.3 is 16.0 Å². The smallest absolute Gasteiger partial charge is 0.317 e. The Morgan fingerprint density at radius 1 is 1.64 bits per heavy atom. The zero-order valence-corrected chi connectivity index (χ0v) is 8.96. The van der Waals surface area contributed by atoms with Crippen molar-refractivity contribution in [3.8, 4) is 0 Å². The molecule has 0 radical (unpaired) electrons. The lowest BCUT2D eigenvalue weighted by molar-refractivity contribution is 0.164. The van der Waals surface area contributed by atoms with Gasteiger partial charge in [0.15, 0.2) is 0 Å². The van der Waals surface area contributed by atoms with Gasteiger partial charge in [0.2, 0.25) is 0 Å². The Morgan fingerprint density at radius 3 is 3.07 bits per heavy atom. The van der Waals surface area contributed by atoms with Crippen LogP contribution in [0.2, 0.25) is 0 Å². The molecule has 0 aromatic carbocycles. The third kappa shape index (κ3) is 3.18. The number of urea groups is 1. The summed E-state index contributed by atoms with van der Waals surface area (Å²) in [5, 5.41) is 2.81. The van der Waals surface area contributed by atoms with E-state index in [-0.39, 0.29) is 6.03 Å². The lowest BCUT2D eigenvalue weighted by Gasteiger charge is -2.32. The molecule has 0 aliphatic carbocycles. The highest BCUT2D eigenvalue weighted by atomic mass is 16.2. The Labute approximate surface area is 85.8 Å². The molecule has 0 aromatic rings. The first-order valence-electron chi connectivity index (χ1n) is 5.50. The molecule has 1 heterocycles. The number of amides is 2. The number of hydrogen-bond acceptors (Lipinski definition) is 2. The van der Waals surface area contributed by atoms with E-state index in [1.807, 2.05) is 4.90 Å². The summed E-state index contributed by atoms with van der Waals surface area (Å²) < 4.78 is 0. The molecule has 0 saturated carbocycles. The van der Waals surface area contributed by atoms with Crippen LogP contribution >= 0.6 is 0 Å². The summed E-state index contributed by atoms with van der Waals surface area (Å²) in [6.45, 7) is 5.08. The van der Waals surface area contributed by atoms with Crippen molar-refractivity contribution in [2.24, 2.45) is 11.7 Å². The summed E-state index contributed by atoms with van der Waals surface area (Å²) in [5.41, 5.74) is 5.33. The normalized spacial score (nSPS) is 22.1. The summed E-state index contributed by atoms with van der Waals surface area (Å²) in [7, 11) is 0. The van der Waals surface area contributed by atoms with Crippen molar-refractivity contribution in [2.45, 2.75) is 26.2 Å². The molecule has 4 heteroatoms. The number of likely N-dealkylation sites (tertiary alicyclic amines) is 1. The molecular formula is C10H21N3O. The van der Waals surface area contributed by atoms with Crippen molar-refractivity contribution in [2.75, 3.05) is 26.2 Å². The topological polar surface area (TPSA) is 58.4 Å². The predicted octanol–water partition coefficient (Wildman–Crippen LogP) is 0.777. The molecule has 3 N–H and O–H groups in total. The molecule has 1 rings (SSSR count). The first-order valence-corrected chi connectivity index (χ1v) is 5.50. The highest BCUT2D eigenvalue weighted by Crippen LogP contribution is 2.18. The van der Waals surface area contributed by atoms with Crippen LogP contribution in [-0.4, -0.2) is 37.1 Å². The summed E-state index contributed by atoms with van der Waals surface area (Å²) in [6.07, 6.45) is 3.56. The third-order valence-electron chi connectivity index (χ3n) is 2.80. The standard InChI is InChI=1S/C10H21N3O/c1-2-9-4-3-7-13(8-9)10(14)12-6-5-11/h9H,2-8,11H2,1H3,(H,12,14). The molecular weight excluding hydrogens is 178 g/mol. The molecule has 1 saturated heterocycles. The van der Waals surface area contributed by atoms with E-state index in [9.17, 15) is 4.79 Å². The van der Waals surface area contributed by atoms with E-state index in [1.54, 1.807) is 0 Å². The SMILES string of the molecule is CCC1CCCN(C(=O)NCCN)C1. The minimum atomic E-state index is 0.0496. The van der Waals surface area contributed by atoms with Gasteiger partial charge in [-0.05, 0) is 18.8 Å². The van der Waals surface area contributed by atoms with Crippen molar-refractivity contribution in [1.82, 2.24) is 10.2 Å². The molecule has 0 spiro atoms. The van der Waals surface area contributed by atoms with Crippen molar-refractivity contribution in [3.63, 3.8) is 0 Å². The molecule has 0 bridgehead atoms. The predicted molar refractivity (Wildman–Crippen MR) is 57.0 cm³/mol. The lowest BCUT2D eigenvalue weighted by atomic mass is 9.96. The van der Waals surface area contributed by atoms with Crippen LogP contribution < -0.4 is 11.1 Å². The van der Waals surface area contributed by atoms with Crippen LogP contribution in [0.3, 0.4) is 0 Å². The first-order chi connectivity index (χ1) is 6.77. The van der Waals surface area contributed by atoms with Crippen LogP contribution in [0.1, 0.15) is 26.2 Å². The average molecular weight is 199 g/mol. The Kier molecular flexibility index (Phi) is 4.73. The van der Waals surface area contributed by atoms with Crippen molar-refractivity contribution >= 4 is 6.03 Å². The third-order valence-corrected chi connectivity index (χ3v) is 2.80. The Bertz CT molecular complexity index is 184. The molecule has 82 valence electrons. The lowest BCUT2D eigenvalue weighted by Crippen LogP contribution is -2.46. The van der Waals surface area contributed by atoms with E-state index in [0.29, 0.717) is 19.0 Å². The molecule has 1 atom stereocenters. The Morgan fingerprint density at radius 2 is 2.43 bits per heavy atom. The fourth-order valence-electron chi connectivity index (χ4n) is 1.87. The van der Waals surface area contributed by atoms with E-state index in [4.69, 9.17) is 5.73 Å². The van der Waals surface area contributed by atoms with Gasteiger partial charge in [0, 0.05) is 26.2 Å². The van der Waals surface area contributed by atoms with Crippen LogP contribution in [0.4, 0.5) is 4.79 Å². The Hall–Kier alpha value is -0.770. The highest BCUT2D eigenvalue weighted by Gasteiger charge is 2.21. The zero-order valence-electron chi connectivity index (χ0n) is 8.96. The van der Waals surface area contributed by atoms with Crippen LogP contribution in [0.15, 0.2) is 0 Å². The van der Waals surface area contributed by atoms with E-state index >= 15 is 0 Å². The minimum Gasteiger partial charge on any atom is -0.337 e. The van der Waals surface area contributed by atoms with Crippen LogP contribution in [0.5, 0.6) is 0 Å². The maximum atomic E-state index is 11.6. The molecule has 2 amide bonds. The number of carbonyl (C=O) groups is 1. The number of nitrogens with one attached hydrogen (secondary N) is 1. The second kappa shape index (κ2) is 5.86. The minimum absolute atomic E-state index is 0.0496. The van der Waals surface area contributed by atoms with Gasteiger partial charge in [0.25, 0.3) is 0 Å². The quantitative estimate of drug-likeness (QED) is 0.705. The van der Waals surface area contributed by atoms with Gasteiger partial charge in [0.05, 0.1) is 0 Å². The number of hydrogen-bond donors (Lipinski definition) is 2. The summed E-state index contributed by atoms with van der Waals surface area (Å²) >= 11 is 0. The van der Waals surface area contributed by atoms with Gasteiger partial charge in [-0.2, -0.15) is 0 Å². The maximum absolute atomic E-state index is 11.6. The van der Waals surface area contributed by atoms with Crippen molar-refractivity contribution in [1.29, 1.82) is 0 Å². The van der Waals surface area contributed by atoms with Gasteiger partial charge in [-0.3, -0.25) is 0 Å². The fraction of sp³-hybridized carbons (Fsp3) is 0.900. The average Bonchev–Trinajstić information content (AvgIpc) is 2.26. The number of nitrogens with zero attached hydrogens (tertiary/aromatic N) is 1. The van der Waals surface area contributed by atoms with Gasteiger partial charge in [-0.15, -0.1) is 0 Å². The largest absolute Gasteiger partial charge is 0.337 e. The van der Waals surface area contributed by atoms with Gasteiger partial charge in [-0.25, -0.2) is 4.79 Å². The Balaban J connectivity index is 2.31. The van der Waals surface area contributed by atoms with Crippen molar-refractivity contribution in [3.05, 3.63) is 0 Å². The number of carbonyl (C=O) groups excluding carboxylic acids is 1. The van der Waals surface area contributed by atoms with E-state index in [1.165, 1.54) is 12.8 Å². The van der Waals surface area contributed by atoms with Gasteiger partial charge in [-0.1, -0.05) is 13.3 Å². The van der Waals surface area contributed by atoms with Crippen LogP contribution in [0, 0.1) is 5.92 Å². The molecule has 1 aliphatic rings. The van der Waals surface area contributed by atoms with Crippen LogP contribution in [0.25, 0.3) is 0 Å². The second-order valence-corrected chi connectivity index (χ2v) is 3.88. The van der Waals surface area contributed by atoms with Gasteiger partial charge in [0.1, 0.15) is 0 Å². The van der Waals surface area contributed by atoms with Crippen LogP contribution in [-0.2, 0) is 0 Å². The molecule has 1 aliphatic heterocycles. The number of nitrogens with two attached hydrogens (primary N) is 1. The summed E-state index contributed by atoms with van der Waals surface area (Å²) in [4.78, 5) is 13.5. The zero-order chi connectivity index (χ0) is 10.4. The summed E-state index contributed by atoms with van der Waals surface area (Å²) in [5.74, 6) is 0.687. The monoisotopic (exact) mass is 199 g/mol.